The number of nitrogens with one attached hydrogen (secondary N) is 3. The van der Waals surface area contributed by atoms with Gasteiger partial charge in [-0.15, -0.1) is 0 Å². The van der Waals surface area contributed by atoms with Crippen molar-refractivity contribution < 1.29 is 4.90 Å². The maximum Gasteiger partial charge on any atom is 0.170 e. The highest BCUT2D eigenvalue weighted by atomic mass is 32.1. The average molecular weight is 252 g/mol. The molecule has 3 nitrogen and oxygen atoms in total. The number of thiocarbonyl (C=S) groups is 1. The molecule has 0 bridgehead atoms. The topological polar surface area (TPSA) is 28.5 Å². The molecule has 0 aliphatic rings. The summed E-state index contributed by atoms with van der Waals surface area (Å²) in [5, 5.41) is 7.14. The van der Waals surface area contributed by atoms with E-state index in [1.165, 1.54) is 16.0 Å². The molecule has 0 saturated carbocycles. The van der Waals surface area contributed by atoms with E-state index in [4.69, 9.17) is 12.2 Å². The SMILES string of the molecule is Cc1cccc(NC(=S)NCC[NH+](C)C)c1C. The van der Waals surface area contributed by atoms with Crippen molar-refractivity contribution in [2.24, 2.45) is 0 Å². The maximum atomic E-state index is 5.26. The van der Waals surface area contributed by atoms with E-state index in [9.17, 15) is 0 Å². The Morgan fingerprint density at radius 2 is 2.00 bits per heavy atom. The van der Waals surface area contributed by atoms with Crippen molar-refractivity contribution in [3.8, 4) is 0 Å². The Morgan fingerprint density at radius 3 is 2.65 bits per heavy atom. The molecule has 17 heavy (non-hydrogen) atoms. The Hall–Kier alpha value is -1.13. The van der Waals surface area contributed by atoms with Crippen LogP contribution in [0.2, 0.25) is 0 Å². The third kappa shape index (κ3) is 4.71. The Kier molecular flexibility index (Phi) is 5.38. The van der Waals surface area contributed by atoms with Crippen LogP contribution < -0.4 is 15.5 Å². The van der Waals surface area contributed by atoms with Crippen LogP contribution in [0.4, 0.5) is 5.69 Å². The minimum absolute atomic E-state index is 0.694. The third-order valence-electron chi connectivity index (χ3n) is 2.76. The first-order chi connectivity index (χ1) is 8.00. The van der Waals surface area contributed by atoms with Gasteiger partial charge >= 0.3 is 0 Å². The fourth-order valence-corrected chi connectivity index (χ4v) is 1.69. The molecule has 3 N–H and O–H groups in total. The molecule has 0 aliphatic heterocycles. The van der Waals surface area contributed by atoms with E-state index in [0.29, 0.717) is 5.11 Å². The number of hydrogen-bond donors (Lipinski definition) is 3. The van der Waals surface area contributed by atoms with Crippen molar-refractivity contribution in [3.05, 3.63) is 29.3 Å². The fraction of sp³-hybridized carbons (Fsp3) is 0.462. The molecule has 0 radical (unpaired) electrons. The van der Waals surface area contributed by atoms with Crippen LogP contribution in [0, 0.1) is 13.8 Å². The van der Waals surface area contributed by atoms with Gasteiger partial charge in [-0.25, -0.2) is 0 Å². The van der Waals surface area contributed by atoms with Gasteiger partial charge in [-0.2, -0.15) is 0 Å². The molecule has 1 rings (SSSR count). The number of aryl methyl sites for hydroxylation is 1. The molecule has 0 aromatic heterocycles. The number of likely N-dealkylation sites (N-methyl/N-ethyl adjacent to an activating group) is 1. The molecular formula is C13H22N3S+. The van der Waals surface area contributed by atoms with E-state index in [-0.39, 0.29) is 0 Å². The van der Waals surface area contributed by atoms with Crippen LogP contribution >= 0.6 is 12.2 Å². The lowest BCUT2D eigenvalue weighted by molar-refractivity contribution is -0.856. The molecule has 0 fully saturated rings. The normalized spacial score (nSPS) is 10.4. The lowest BCUT2D eigenvalue weighted by Crippen LogP contribution is -3.06. The van der Waals surface area contributed by atoms with Gasteiger partial charge in [0, 0.05) is 5.69 Å². The summed E-state index contributed by atoms with van der Waals surface area (Å²) in [5.74, 6) is 0. The van der Waals surface area contributed by atoms with Crippen LogP contribution in [0.3, 0.4) is 0 Å². The molecule has 94 valence electrons. The van der Waals surface area contributed by atoms with Gasteiger partial charge in [0.05, 0.1) is 27.2 Å². The highest BCUT2D eigenvalue weighted by Gasteiger charge is 2.02. The van der Waals surface area contributed by atoms with Crippen molar-refractivity contribution in [2.75, 3.05) is 32.5 Å². The van der Waals surface area contributed by atoms with Crippen molar-refractivity contribution in [1.82, 2.24) is 5.32 Å². The molecule has 0 saturated heterocycles. The summed E-state index contributed by atoms with van der Waals surface area (Å²) in [6, 6.07) is 6.19. The van der Waals surface area contributed by atoms with Crippen molar-refractivity contribution in [3.63, 3.8) is 0 Å². The molecule has 0 atom stereocenters. The second kappa shape index (κ2) is 6.57. The Labute approximate surface area is 109 Å². The van der Waals surface area contributed by atoms with Gasteiger partial charge in [0.25, 0.3) is 0 Å². The molecule has 0 amide bonds. The fourth-order valence-electron chi connectivity index (χ4n) is 1.48. The van der Waals surface area contributed by atoms with E-state index in [0.717, 1.165) is 18.8 Å². The summed E-state index contributed by atoms with van der Waals surface area (Å²) < 4.78 is 0. The number of anilines is 1. The first-order valence-corrected chi connectivity index (χ1v) is 6.31. The van der Waals surface area contributed by atoms with E-state index in [2.05, 4.69) is 44.6 Å². The van der Waals surface area contributed by atoms with Crippen LogP contribution in [0.15, 0.2) is 18.2 Å². The minimum Gasteiger partial charge on any atom is -0.357 e. The first-order valence-electron chi connectivity index (χ1n) is 5.91. The van der Waals surface area contributed by atoms with E-state index < -0.39 is 0 Å². The standard InChI is InChI=1S/C13H21N3S/c1-10-6-5-7-12(11(10)2)15-13(17)14-8-9-16(3)4/h5-7H,8-9H2,1-4H3,(H2,14,15,17)/p+1. The lowest BCUT2D eigenvalue weighted by atomic mass is 10.1. The third-order valence-corrected chi connectivity index (χ3v) is 3.01. The molecule has 0 heterocycles. The summed E-state index contributed by atoms with van der Waals surface area (Å²) in [5.41, 5.74) is 3.60. The summed E-state index contributed by atoms with van der Waals surface area (Å²) in [7, 11) is 4.26. The van der Waals surface area contributed by atoms with E-state index >= 15 is 0 Å². The average Bonchev–Trinajstić information content (AvgIpc) is 2.24. The van der Waals surface area contributed by atoms with Gasteiger partial charge in [-0.05, 0) is 43.3 Å². The van der Waals surface area contributed by atoms with Crippen LogP contribution in [-0.2, 0) is 0 Å². The predicted octanol–water partition coefficient (Wildman–Crippen LogP) is 0.734. The summed E-state index contributed by atoms with van der Waals surface area (Å²) in [6.45, 7) is 6.14. The zero-order valence-electron chi connectivity index (χ0n) is 11.1. The highest BCUT2D eigenvalue weighted by Crippen LogP contribution is 2.17. The zero-order valence-corrected chi connectivity index (χ0v) is 11.9. The second-order valence-corrected chi connectivity index (χ2v) is 4.99. The van der Waals surface area contributed by atoms with Crippen LogP contribution in [0.5, 0.6) is 0 Å². The Bertz CT molecular complexity index is 388. The number of rotatable bonds is 4. The quantitative estimate of drug-likeness (QED) is 0.690. The molecule has 0 spiro atoms. The largest absolute Gasteiger partial charge is 0.357 e. The molecule has 0 unspecified atom stereocenters. The molecular weight excluding hydrogens is 230 g/mol. The van der Waals surface area contributed by atoms with Crippen molar-refractivity contribution >= 4 is 23.0 Å². The molecule has 1 aromatic rings. The van der Waals surface area contributed by atoms with Crippen LogP contribution in [-0.4, -0.2) is 32.3 Å². The van der Waals surface area contributed by atoms with Crippen LogP contribution in [0.1, 0.15) is 11.1 Å². The summed E-state index contributed by atoms with van der Waals surface area (Å²) in [4.78, 5) is 1.41. The first kappa shape index (κ1) is 13.9. The van der Waals surface area contributed by atoms with Gasteiger partial charge in [-0.1, -0.05) is 12.1 Å². The van der Waals surface area contributed by atoms with Crippen LogP contribution in [0.25, 0.3) is 0 Å². The maximum absolute atomic E-state index is 5.26. The molecule has 0 aliphatic carbocycles. The molecule has 4 heteroatoms. The van der Waals surface area contributed by atoms with Gasteiger partial charge in [0.2, 0.25) is 0 Å². The predicted molar refractivity (Wildman–Crippen MR) is 77.8 cm³/mol. The van der Waals surface area contributed by atoms with Gasteiger partial charge < -0.3 is 15.5 Å². The zero-order chi connectivity index (χ0) is 12.8. The Balaban J connectivity index is 2.48. The van der Waals surface area contributed by atoms with E-state index in [1.54, 1.807) is 0 Å². The highest BCUT2D eigenvalue weighted by molar-refractivity contribution is 7.80. The Morgan fingerprint density at radius 1 is 1.29 bits per heavy atom. The van der Waals surface area contributed by atoms with Gasteiger partial charge in [0.15, 0.2) is 5.11 Å². The van der Waals surface area contributed by atoms with Gasteiger partial charge in [0.1, 0.15) is 0 Å². The summed E-state index contributed by atoms with van der Waals surface area (Å²) in [6.07, 6.45) is 0. The minimum atomic E-state index is 0.694. The summed E-state index contributed by atoms with van der Waals surface area (Å²) >= 11 is 5.26. The lowest BCUT2D eigenvalue weighted by Gasteiger charge is -2.14. The monoisotopic (exact) mass is 252 g/mol. The molecule has 1 aromatic carbocycles. The van der Waals surface area contributed by atoms with E-state index in [1.807, 2.05) is 12.1 Å². The number of quaternary nitrogens is 1. The van der Waals surface area contributed by atoms with Crippen molar-refractivity contribution in [1.29, 1.82) is 0 Å². The number of hydrogen-bond acceptors (Lipinski definition) is 1. The van der Waals surface area contributed by atoms with Gasteiger partial charge in [-0.3, -0.25) is 0 Å². The number of benzene rings is 1. The second-order valence-electron chi connectivity index (χ2n) is 4.59. The van der Waals surface area contributed by atoms with Crippen molar-refractivity contribution in [2.45, 2.75) is 13.8 Å². The smallest absolute Gasteiger partial charge is 0.170 e.